The van der Waals surface area contributed by atoms with E-state index in [9.17, 15) is 9.59 Å². The first-order chi connectivity index (χ1) is 25.8. The summed E-state index contributed by atoms with van der Waals surface area (Å²) in [6, 6.07) is 15.0. The Morgan fingerprint density at radius 2 is 1.89 bits per heavy atom. The highest BCUT2D eigenvalue weighted by atomic mass is 28.3. The number of benzene rings is 1. The van der Waals surface area contributed by atoms with Gasteiger partial charge in [-0.25, -0.2) is 14.8 Å². The van der Waals surface area contributed by atoms with Crippen molar-refractivity contribution in [3.63, 3.8) is 0 Å². The maximum Gasteiger partial charge on any atom is 0.407 e. The van der Waals surface area contributed by atoms with Crippen LogP contribution in [0.3, 0.4) is 0 Å². The minimum Gasteiger partial charge on any atom is -0.444 e. The molecule has 54 heavy (non-hydrogen) atoms. The lowest BCUT2D eigenvalue weighted by Gasteiger charge is -2.33. The zero-order valence-corrected chi connectivity index (χ0v) is 33.6. The van der Waals surface area contributed by atoms with E-state index in [-0.39, 0.29) is 23.5 Å². The van der Waals surface area contributed by atoms with Crippen molar-refractivity contribution in [2.24, 2.45) is 5.92 Å². The second-order valence-corrected chi connectivity index (χ2v) is 23.1. The fourth-order valence-electron chi connectivity index (χ4n) is 7.82. The van der Waals surface area contributed by atoms with Gasteiger partial charge in [0, 0.05) is 63.1 Å². The second-order valence-electron chi connectivity index (χ2n) is 17.4. The van der Waals surface area contributed by atoms with Gasteiger partial charge in [-0.1, -0.05) is 31.8 Å². The van der Waals surface area contributed by atoms with E-state index in [0.29, 0.717) is 43.7 Å². The molecule has 2 N–H and O–H groups in total. The molecule has 1 aliphatic carbocycles. The highest BCUT2D eigenvalue weighted by Gasteiger charge is 2.58. The van der Waals surface area contributed by atoms with Crippen LogP contribution in [0.25, 0.3) is 22.3 Å². The molecule has 1 aromatic carbocycles. The number of aromatic nitrogens is 4. The lowest BCUT2D eigenvalue weighted by Crippen LogP contribution is -2.48. The predicted molar refractivity (Wildman–Crippen MR) is 212 cm³/mol. The minimum absolute atomic E-state index is 0.0113. The van der Waals surface area contributed by atoms with Gasteiger partial charge in [-0.2, -0.15) is 0 Å². The highest BCUT2D eigenvalue weighted by molar-refractivity contribution is 6.76. The topological polar surface area (TPSA) is 133 Å². The summed E-state index contributed by atoms with van der Waals surface area (Å²) in [5, 5.41) is 7.13. The van der Waals surface area contributed by atoms with Gasteiger partial charge in [0.2, 0.25) is 0 Å². The van der Waals surface area contributed by atoms with E-state index in [1.165, 1.54) is 0 Å². The maximum atomic E-state index is 13.4. The highest BCUT2D eigenvalue weighted by Crippen LogP contribution is 2.59. The molecular formula is C41H55N7O5Si. The molecule has 3 aliphatic rings. The third-order valence-electron chi connectivity index (χ3n) is 10.8. The molecule has 2 saturated heterocycles. The Hall–Kier alpha value is -4.17. The van der Waals surface area contributed by atoms with Gasteiger partial charge < -0.3 is 29.4 Å². The largest absolute Gasteiger partial charge is 0.444 e. The fraction of sp³-hybridized carbons (Fsp3) is 0.537. The van der Waals surface area contributed by atoms with Crippen molar-refractivity contribution in [3.8, 4) is 11.3 Å². The van der Waals surface area contributed by atoms with Crippen LogP contribution in [0.2, 0.25) is 25.7 Å². The number of anilines is 1. The summed E-state index contributed by atoms with van der Waals surface area (Å²) in [6.45, 7) is 17.6. The van der Waals surface area contributed by atoms with Crippen molar-refractivity contribution in [1.82, 2.24) is 29.7 Å². The van der Waals surface area contributed by atoms with Crippen LogP contribution in [-0.2, 0) is 32.9 Å². The first kappa shape index (κ1) is 38.1. The molecule has 1 saturated carbocycles. The van der Waals surface area contributed by atoms with E-state index in [2.05, 4.69) is 50.8 Å². The number of nitrogens with one attached hydrogen (secondary N) is 2. The first-order valence-electron chi connectivity index (χ1n) is 19.4. The molecule has 0 bridgehead atoms. The number of likely N-dealkylation sites (tertiary alicyclic amines) is 1. The molecular weight excluding hydrogens is 699 g/mol. The minimum atomic E-state index is -1.25. The summed E-state index contributed by atoms with van der Waals surface area (Å²) >= 11 is 0. The SMILES string of the molecule is CC(C)(C)OC(=O)N[C@@H]1CCCN(Cc2ccnc(C(=O)Nc3ccc(-c4cc5c(C67CCOCC6C7)ncnc5n4COCC[Si](C)(C)C)cc3)c2)C1. The van der Waals surface area contributed by atoms with E-state index in [1.54, 1.807) is 12.5 Å². The van der Waals surface area contributed by atoms with Crippen molar-refractivity contribution in [2.75, 3.05) is 38.2 Å². The zero-order chi connectivity index (χ0) is 38.1. The van der Waals surface area contributed by atoms with Crippen LogP contribution >= 0.6 is 0 Å². The maximum absolute atomic E-state index is 13.4. The van der Waals surface area contributed by atoms with Crippen LogP contribution in [0.5, 0.6) is 0 Å². The summed E-state index contributed by atoms with van der Waals surface area (Å²) in [7, 11) is -1.25. The molecule has 0 radical (unpaired) electrons. The van der Waals surface area contributed by atoms with Gasteiger partial charge in [-0.05, 0) is 106 Å². The van der Waals surface area contributed by atoms with Crippen LogP contribution in [0, 0.1) is 5.92 Å². The van der Waals surface area contributed by atoms with Crippen molar-refractivity contribution < 1.29 is 23.8 Å². The standard InChI is InChI=1S/C41H55N7O5Si/c1-40(2,3)53-39(50)46-32-8-7-16-47(24-32)23-28-13-15-42-34(20-28)38(49)45-31-11-9-29(10-12-31)35-21-33-36(41-14-17-51-25-30(41)22-41)43-26-44-37(33)48(35)27-52-18-19-54(4,5)6/h9-13,15,20-21,26,30,32H,7-8,14,16-19,22-25,27H2,1-6H3,(H,45,49)(H,46,50)/t30?,32-,41?/m1/s1. The van der Waals surface area contributed by atoms with Crippen LogP contribution in [0.4, 0.5) is 10.5 Å². The number of hydrogen-bond acceptors (Lipinski definition) is 9. The number of ether oxygens (including phenoxy) is 3. The number of amides is 2. The second kappa shape index (κ2) is 15.5. The third-order valence-corrected chi connectivity index (χ3v) is 12.5. The van der Waals surface area contributed by atoms with Crippen molar-refractivity contribution >= 4 is 36.8 Å². The monoisotopic (exact) mass is 753 g/mol. The van der Waals surface area contributed by atoms with Gasteiger partial charge in [0.05, 0.1) is 18.0 Å². The number of alkyl carbamates (subject to hydrolysis) is 1. The summed E-state index contributed by atoms with van der Waals surface area (Å²) in [4.78, 5) is 42.1. The van der Waals surface area contributed by atoms with Gasteiger partial charge >= 0.3 is 6.09 Å². The number of nitrogens with zero attached hydrogens (tertiary/aromatic N) is 5. The van der Waals surface area contributed by atoms with Gasteiger partial charge in [0.15, 0.2) is 0 Å². The van der Waals surface area contributed by atoms with E-state index in [4.69, 9.17) is 24.2 Å². The molecule has 288 valence electrons. The van der Waals surface area contributed by atoms with E-state index >= 15 is 0 Å². The first-order valence-corrected chi connectivity index (χ1v) is 23.1. The number of fused-ring (bicyclic) bond motifs is 2. The Balaban J connectivity index is 1.04. The molecule has 5 heterocycles. The number of carbonyl (C=O) groups excluding carboxylic acids is 2. The molecule has 7 rings (SSSR count). The average molecular weight is 754 g/mol. The lowest BCUT2D eigenvalue weighted by atomic mass is 9.91. The molecule has 13 heteroatoms. The smallest absolute Gasteiger partial charge is 0.407 e. The number of carbonyl (C=O) groups is 2. The van der Waals surface area contributed by atoms with Gasteiger partial charge in [-0.3, -0.25) is 14.7 Å². The molecule has 3 atom stereocenters. The summed E-state index contributed by atoms with van der Waals surface area (Å²) in [5.74, 6) is 0.236. The molecule has 3 fully saturated rings. The number of pyridine rings is 1. The van der Waals surface area contributed by atoms with Crippen molar-refractivity contribution in [1.29, 1.82) is 0 Å². The molecule has 4 aromatic rings. The summed E-state index contributed by atoms with van der Waals surface area (Å²) in [6.07, 6.45) is 6.94. The Bertz CT molecular complexity index is 1970. The lowest BCUT2D eigenvalue weighted by molar-refractivity contribution is 0.0470. The Labute approximate surface area is 319 Å². The number of hydrogen-bond donors (Lipinski definition) is 2. The normalized spacial score (nSPS) is 21.7. The summed E-state index contributed by atoms with van der Waals surface area (Å²) in [5.41, 5.74) is 5.57. The predicted octanol–water partition coefficient (Wildman–Crippen LogP) is 7.23. The molecule has 2 amide bonds. The van der Waals surface area contributed by atoms with E-state index in [1.807, 2.05) is 57.2 Å². The fourth-order valence-corrected chi connectivity index (χ4v) is 8.58. The van der Waals surface area contributed by atoms with Crippen molar-refractivity contribution in [2.45, 2.75) is 102 Å². The zero-order valence-electron chi connectivity index (χ0n) is 32.6. The van der Waals surface area contributed by atoms with E-state index in [0.717, 1.165) is 85.0 Å². The molecule has 2 aliphatic heterocycles. The molecule has 2 unspecified atom stereocenters. The molecule has 3 aromatic heterocycles. The Kier molecular flexibility index (Phi) is 11.0. The van der Waals surface area contributed by atoms with Gasteiger partial charge in [-0.15, -0.1) is 0 Å². The van der Waals surface area contributed by atoms with Crippen LogP contribution < -0.4 is 10.6 Å². The number of piperidine rings is 1. The molecule has 12 nitrogen and oxygen atoms in total. The average Bonchev–Trinajstić information content (AvgIpc) is 3.76. The van der Waals surface area contributed by atoms with Gasteiger partial charge in [0.1, 0.15) is 30.0 Å². The van der Waals surface area contributed by atoms with E-state index < -0.39 is 13.7 Å². The van der Waals surface area contributed by atoms with Crippen LogP contribution in [0.1, 0.15) is 68.2 Å². The quantitative estimate of drug-likeness (QED) is 0.114. The molecule has 0 spiro atoms. The van der Waals surface area contributed by atoms with Crippen LogP contribution in [0.15, 0.2) is 55.0 Å². The van der Waals surface area contributed by atoms with Crippen LogP contribution in [-0.4, -0.2) is 89.0 Å². The Morgan fingerprint density at radius 1 is 1.07 bits per heavy atom. The summed E-state index contributed by atoms with van der Waals surface area (Å²) < 4.78 is 19.7. The third kappa shape index (κ3) is 9.02. The van der Waals surface area contributed by atoms with Gasteiger partial charge in [0.25, 0.3) is 5.91 Å². The number of rotatable bonds is 12. The van der Waals surface area contributed by atoms with Crippen molar-refractivity contribution in [3.05, 3.63) is 71.9 Å². The Morgan fingerprint density at radius 3 is 2.65 bits per heavy atom.